The Labute approximate surface area is 176 Å². The Kier molecular flexibility index (Phi) is 7.51. The fourth-order valence-electron chi connectivity index (χ4n) is 3.59. The third-order valence-electron chi connectivity index (χ3n) is 5.50. The first-order valence-electron chi connectivity index (χ1n) is 9.80. The minimum absolute atomic E-state index is 0. The number of nitrogens with zero attached hydrogens (tertiary/aromatic N) is 3. The molecule has 1 aliphatic carbocycles. The number of morpholine rings is 1. The topological polar surface area (TPSA) is 54.9 Å². The number of benzene rings is 1. The zero-order valence-electron chi connectivity index (χ0n) is 16.3. The van der Waals surface area contributed by atoms with Gasteiger partial charge in [0, 0.05) is 32.1 Å². The van der Waals surface area contributed by atoms with Crippen LogP contribution in [0.25, 0.3) is 10.2 Å². The highest BCUT2D eigenvalue weighted by Gasteiger charge is 2.31. The predicted octanol–water partition coefficient (Wildman–Crippen LogP) is 3.58. The summed E-state index contributed by atoms with van der Waals surface area (Å²) in [5.74, 6) is 1.24. The van der Waals surface area contributed by atoms with E-state index in [9.17, 15) is 4.79 Å². The molecule has 1 amide bonds. The van der Waals surface area contributed by atoms with Gasteiger partial charge in [0.25, 0.3) is 0 Å². The van der Waals surface area contributed by atoms with Gasteiger partial charge in [-0.2, -0.15) is 0 Å². The van der Waals surface area contributed by atoms with Gasteiger partial charge < -0.3 is 9.47 Å². The van der Waals surface area contributed by atoms with Crippen molar-refractivity contribution in [1.82, 2.24) is 9.88 Å². The van der Waals surface area contributed by atoms with Crippen LogP contribution in [0.15, 0.2) is 18.2 Å². The third kappa shape index (κ3) is 4.76. The fraction of sp³-hybridized carbons (Fsp3) is 0.600. The molecule has 0 atom stereocenters. The molecular weight excluding hydrogens is 398 g/mol. The molecule has 2 aromatic rings. The first-order chi connectivity index (χ1) is 13.2. The maximum atomic E-state index is 13.0. The molecule has 2 fully saturated rings. The summed E-state index contributed by atoms with van der Waals surface area (Å²) in [4.78, 5) is 22.1. The molecule has 0 N–H and O–H groups in total. The molecule has 28 heavy (non-hydrogen) atoms. The molecule has 1 saturated heterocycles. The Bertz CT molecular complexity index is 790. The second-order valence-electron chi connectivity index (χ2n) is 7.26. The van der Waals surface area contributed by atoms with Crippen molar-refractivity contribution >= 4 is 45.0 Å². The first kappa shape index (κ1) is 21.3. The number of hydrogen-bond acceptors (Lipinski definition) is 6. The molecule has 0 spiro atoms. The Balaban J connectivity index is 0.00000225. The highest BCUT2D eigenvalue weighted by atomic mass is 35.5. The molecule has 0 unspecified atom stereocenters. The van der Waals surface area contributed by atoms with Crippen LogP contribution >= 0.6 is 23.7 Å². The van der Waals surface area contributed by atoms with E-state index in [0.717, 1.165) is 86.2 Å². The van der Waals surface area contributed by atoms with Crippen LogP contribution in [0.3, 0.4) is 0 Å². The summed E-state index contributed by atoms with van der Waals surface area (Å²) in [6, 6.07) is 5.88. The number of anilines is 1. The number of ether oxygens (including phenoxy) is 2. The number of methoxy groups -OCH3 is 1. The van der Waals surface area contributed by atoms with Crippen molar-refractivity contribution in [3.05, 3.63) is 18.2 Å². The van der Waals surface area contributed by atoms with Gasteiger partial charge in [0.15, 0.2) is 5.13 Å². The Morgan fingerprint density at radius 1 is 1.36 bits per heavy atom. The molecule has 1 aromatic heterocycles. The molecule has 0 radical (unpaired) electrons. The van der Waals surface area contributed by atoms with Crippen molar-refractivity contribution in [3.8, 4) is 5.75 Å². The second-order valence-corrected chi connectivity index (χ2v) is 8.26. The number of carbonyl (C=O) groups is 1. The lowest BCUT2D eigenvalue weighted by Crippen LogP contribution is -2.42. The van der Waals surface area contributed by atoms with E-state index in [1.165, 1.54) is 0 Å². The normalized spacial score (nSPS) is 17.8. The quantitative estimate of drug-likeness (QED) is 0.678. The summed E-state index contributed by atoms with van der Waals surface area (Å²) in [6.45, 7) is 5.31. The van der Waals surface area contributed by atoms with Gasteiger partial charge in [0.2, 0.25) is 5.91 Å². The van der Waals surface area contributed by atoms with E-state index in [4.69, 9.17) is 14.5 Å². The largest absolute Gasteiger partial charge is 0.497 e. The monoisotopic (exact) mass is 425 g/mol. The molecule has 1 saturated carbocycles. The molecule has 2 heterocycles. The van der Waals surface area contributed by atoms with Crippen LogP contribution in [0.5, 0.6) is 5.75 Å². The average Bonchev–Trinajstić information content (AvgIpc) is 3.07. The molecular formula is C20H28ClN3O3S. The summed E-state index contributed by atoms with van der Waals surface area (Å²) in [5.41, 5.74) is 0.926. The zero-order valence-corrected chi connectivity index (χ0v) is 17.9. The molecule has 0 bridgehead atoms. The van der Waals surface area contributed by atoms with E-state index in [0.29, 0.717) is 0 Å². The van der Waals surface area contributed by atoms with Crippen molar-refractivity contribution in [3.63, 3.8) is 0 Å². The third-order valence-corrected chi connectivity index (χ3v) is 6.54. The van der Waals surface area contributed by atoms with Crippen LogP contribution in [0, 0.1) is 5.92 Å². The first-order valence-corrected chi connectivity index (χ1v) is 10.6. The van der Waals surface area contributed by atoms with Crippen LogP contribution in [0.4, 0.5) is 5.13 Å². The highest BCUT2D eigenvalue weighted by Crippen LogP contribution is 2.35. The molecule has 6 nitrogen and oxygen atoms in total. The minimum Gasteiger partial charge on any atom is -0.497 e. The average molecular weight is 426 g/mol. The number of carbonyl (C=O) groups excluding carboxylic acids is 1. The van der Waals surface area contributed by atoms with Gasteiger partial charge in [-0.3, -0.25) is 14.6 Å². The summed E-state index contributed by atoms with van der Waals surface area (Å²) < 4.78 is 11.8. The van der Waals surface area contributed by atoms with Crippen molar-refractivity contribution in [2.24, 2.45) is 5.92 Å². The van der Waals surface area contributed by atoms with E-state index in [-0.39, 0.29) is 24.2 Å². The zero-order chi connectivity index (χ0) is 18.6. The summed E-state index contributed by atoms with van der Waals surface area (Å²) in [7, 11) is 1.67. The van der Waals surface area contributed by atoms with Crippen LogP contribution in [0.2, 0.25) is 0 Å². The van der Waals surface area contributed by atoms with E-state index in [1.54, 1.807) is 18.4 Å². The number of thiazole rings is 1. The lowest BCUT2D eigenvalue weighted by atomic mass is 9.84. The van der Waals surface area contributed by atoms with Crippen molar-refractivity contribution in [2.75, 3.05) is 51.4 Å². The molecule has 1 aromatic carbocycles. The van der Waals surface area contributed by atoms with Gasteiger partial charge in [0.1, 0.15) is 5.75 Å². The lowest BCUT2D eigenvalue weighted by molar-refractivity contribution is -0.124. The number of aromatic nitrogens is 1. The lowest BCUT2D eigenvalue weighted by Gasteiger charge is -2.31. The number of hydrogen-bond donors (Lipinski definition) is 0. The Morgan fingerprint density at radius 2 is 2.14 bits per heavy atom. The number of rotatable bonds is 7. The SMILES string of the molecule is COc1ccc2nc(N(CCCN3CCOCC3)C(=O)C3CCC3)sc2c1.Cl. The van der Waals surface area contributed by atoms with E-state index in [2.05, 4.69) is 4.90 Å². The van der Waals surface area contributed by atoms with Gasteiger partial charge in [-0.05, 0) is 37.5 Å². The number of halogens is 1. The number of amides is 1. The molecule has 8 heteroatoms. The maximum absolute atomic E-state index is 13.0. The van der Waals surface area contributed by atoms with Crippen LogP contribution in [-0.2, 0) is 9.53 Å². The number of fused-ring (bicyclic) bond motifs is 1. The molecule has 2 aliphatic rings. The van der Waals surface area contributed by atoms with Crippen LogP contribution in [-0.4, -0.2) is 62.3 Å². The maximum Gasteiger partial charge on any atom is 0.231 e. The van der Waals surface area contributed by atoms with Crippen LogP contribution < -0.4 is 9.64 Å². The molecule has 4 rings (SSSR count). The van der Waals surface area contributed by atoms with Crippen LogP contribution in [0.1, 0.15) is 25.7 Å². The predicted molar refractivity (Wildman–Crippen MR) is 115 cm³/mol. The van der Waals surface area contributed by atoms with E-state index < -0.39 is 0 Å². The second kappa shape index (κ2) is 9.87. The van der Waals surface area contributed by atoms with E-state index >= 15 is 0 Å². The Morgan fingerprint density at radius 3 is 2.82 bits per heavy atom. The molecule has 154 valence electrons. The minimum atomic E-state index is 0. The standard InChI is InChI=1S/C20H27N3O3S.ClH/c1-25-16-6-7-17-18(14-16)27-20(21-17)23(19(24)15-4-2-5-15)9-3-8-22-10-12-26-13-11-22;/h6-7,14-15H,2-5,8-13H2,1H3;1H. The fourth-order valence-corrected chi connectivity index (χ4v) is 4.61. The smallest absolute Gasteiger partial charge is 0.231 e. The van der Waals surface area contributed by atoms with E-state index in [1.807, 2.05) is 23.1 Å². The van der Waals surface area contributed by atoms with Crippen molar-refractivity contribution in [1.29, 1.82) is 0 Å². The highest BCUT2D eigenvalue weighted by molar-refractivity contribution is 7.22. The Hall–Kier alpha value is -1.41. The van der Waals surface area contributed by atoms with Crippen molar-refractivity contribution < 1.29 is 14.3 Å². The van der Waals surface area contributed by atoms with Gasteiger partial charge in [0.05, 0.1) is 30.5 Å². The van der Waals surface area contributed by atoms with Gasteiger partial charge in [-0.15, -0.1) is 12.4 Å². The van der Waals surface area contributed by atoms with Gasteiger partial charge in [-0.25, -0.2) is 4.98 Å². The van der Waals surface area contributed by atoms with Gasteiger partial charge in [-0.1, -0.05) is 17.8 Å². The summed E-state index contributed by atoms with van der Waals surface area (Å²) in [5, 5.41) is 0.817. The van der Waals surface area contributed by atoms with Gasteiger partial charge >= 0.3 is 0 Å². The van der Waals surface area contributed by atoms with Crippen molar-refractivity contribution in [2.45, 2.75) is 25.7 Å². The molecule has 1 aliphatic heterocycles. The summed E-state index contributed by atoms with van der Waals surface area (Å²) >= 11 is 1.58. The summed E-state index contributed by atoms with van der Waals surface area (Å²) in [6.07, 6.45) is 4.14.